The summed E-state index contributed by atoms with van der Waals surface area (Å²) in [7, 11) is 0. The molecule has 4 nitrogen and oxygen atoms in total. The van der Waals surface area contributed by atoms with Crippen LogP contribution >= 0.6 is 0 Å². The molecule has 82 valence electrons. The van der Waals surface area contributed by atoms with E-state index in [-0.39, 0.29) is 0 Å². The molecule has 0 amide bonds. The molecule has 0 spiro atoms. The lowest BCUT2D eigenvalue weighted by Crippen LogP contribution is -2.42. The van der Waals surface area contributed by atoms with Gasteiger partial charge >= 0.3 is 5.97 Å². The summed E-state index contributed by atoms with van der Waals surface area (Å²) in [4.78, 5) is 10.6. The molecule has 0 radical (unpaired) electrons. The van der Waals surface area contributed by atoms with Crippen LogP contribution in [0.15, 0.2) is 24.3 Å². The fraction of sp³-hybridized carbons (Fsp3) is 0.364. The maximum Gasteiger partial charge on any atom is 0.335 e. The minimum atomic E-state index is -1.83. The van der Waals surface area contributed by atoms with Gasteiger partial charge in [-0.05, 0) is 25.0 Å². The van der Waals surface area contributed by atoms with Crippen molar-refractivity contribution >= 4 is 5.97 Å². The first-order valence-electron chi connectivity index (χ1n) is 4.56. The molecule has 0 bridgehead atoms. The van der Waals surface area contributed by atoms with Crippen molar-refractivity contribution in [1.82, 2.24) is 0 Å². The highest BCUT2D eigenvalue weighted by Gasteiger charge is 2.38. The van der Waals surface area contributed by atoms with Crippen molar-refractivity contribution in [3.05, 3.63) is 35.4 Å². The van der Waals surface area contributed by atoms with Gasteiger partial charge in [0.25, 0.3) is 0 Å². The van der Waals surface area contributed by atoms with E-state index in [1.807, 2.05) is 0 Å². The van der Waals surface area contributed by atoms with Crippen LogP contribution in [0.25, 0.3) is 0 Å². The first-order chi connectivity index (χ1) is 6.87. The van der Waals surface area contributed by atoms with Crippen molar-refractivity contribution in [3.8, 4) is 0 Å². The van der Waals surface area contributed by atoms with Gasteiger partial charge in [0, 0.05) is 0 Å². The molecule has 0 heterocycles. The fourth-order valence-electron chi connectivity index (χ4n) is 1.53. The second-order valence-corrected chi connectivity index (χ2v) is 3.70. The highest BCUT2D eigenvalue weighted by atomic mass is 16.4. The number of aryl methyl sites for hydroxylation is 1. The molecule has 0 aromatic heterocycles. The van der Waals surface area contributed by atoms with Crippen LogP contribution in [0.4, 0.5) is 0 Å². The molecular weight excluding hydrogens is 196 g/mol. The van der Waals surface area contributed by atoms with Gasteiger partial charge in [-0.15, -0.1) is 0 Å². The maximum absolute atomic E-state index is 10.6. The van der Waals surface area contributed by atoms with Crippen molar-refractivity contribution in [1.29, 1.82) is 0 Å². The van der Waals surface area contributed by atoms with Crippen molar-refractivity contribution in [2.75, 3.05) is 0 Å². The predicted molar refractivity (Wildman–Crippen MR) is 54.4 cm³/mol. The molecule has 0 fully saturated rings. The molecule has 2 unspecified atom stereocenters. The fourth-order valence-corrected chi connectivity index (χ4v) is 1.53. The quantitative estimate of drug-likeness (QED) is 0.684. The van der Waals surface area contributed by atoms with E-state index in [4.69, 9.17) is 5.11 Å². The molecule has 15 heavy (non-hydrogen) atoms. The molecule has 0 aliphatic carbocycles. The second-order valence-electron chi connectivity index (χ2n) is 3.70. The van der Waals surface area contributed by atoms with E-state index >= 15 is 0 Å². The Kier molecular flexibility index (Phi) is 3.12. The number of carboxylic acid groups (broad SMARTS) is 1. The largest absolute Gasteiger partial charge is 0.479 e. The van der Waals surface area contributed by atoms with Gasteiger partial charge in [-0.3, -0.25) is 0 Å². The SMILES string of the molecule is Cc1ccccc1C(C)(O)C(O)C(=O)O. The van der Waals surface area contributed by atoms with E-state index in [0.717, 1.165) is 5.56 Å². The van der Waals surface area contributed by atoms with Gasteiger partial charge in [0.15, 0.2) is 6.10 Å². The third-order valence-corrected chi connectivity index (χ3v) is 2.46. The monoisotopic (exact) mass is 210 g/mol. The molecular formula is C11H14O4. The first kappa shape index (κ1) is 11.7. The first-order valence-corrected chi connectivity index (χ1v) is 4.56. The molecule has 0 aliphatic heterocycles. The normalized spacial score (nSPS) is 16.8. The van der Waals surface area contributed by atoms with Gasteiger partial charge in [-0.25, -0.2) is 4.79 Å². The molecule has 3 N–H and O–H groups in total. The summed E-state index contributed by atoms with van der Waals surface area (Å²) in [5, 5.41) is 28.0. The number of hydrogen-bond acceptors (Lipinski definition) is 3. The van der Waals surface area contributed by atoms with Gasteiger partial charge in [-0.2, -0.15) is 0 Å². The second kappa shape index (κ2) is 4.00. The average molecular weight is 210 g/mol. The molecule has 1 aromatic rings. The van der Waals surface area contributed by atoms with Crippen molar-refractivity contribution in [2.45, 2.75) is 25.6 Å². The summed E-state index contributed by atoms with van der Waals surface area (Å²) in [5.41, 5.74) is -0.625. The van der Waals surface area contributed by atoms with E-state index in [1.165, 1.54) is 6.92 Å². The zero-order valence-electron chi connectivity index (χ0n) is 8.64. The topological polar surface area (TPSA) is 77.8 Å². The van der Waals surface area contributed by atoms with Gasteiger partial charge < -0.3 is 15.3 Å². The Morgan fingerprint density at radius 3 is 2.40 bits per heavy atom. The van der Waals surface area contributed by atoms with Crippen LogP contribution in [0, 0.1) is 6.92 Å². The van der Waals surface area contributed by atoms with Crippen molar-refractivity contribution < 1.29 is 20.1 Å². The molecule has 1 aromatic carbocycles. The third-order valence-electron chi connectivity index (χ3n) is 2.46. The number of aliphatic carboxylic acids is 1. The van der Waals surface area contributed by atoms with Crippen LogP contribution < -0.4 is 0 Å². The van der Waals surface area contributed by atoms with Crippen LogP contribution in [-0.4, -0.2) is 27.4 Å². The Morgan fingerprint density at radius 1 is 1.40 bits per heavy atom. The Balaban J connectivity index is 3.16. The predicted octanol–water partition coefficient (Wildman–Crippen LogP) is 0.648. The molecule has 0 saturated heterocycles. The Morgan fingerprint density at radius 2 is 1.93 bits per heavy atom. The van der Waals surface area contributed by atoms with Crippen molar-refractivity contribution in [3.63, 3.8) is 0 Å². The van der Waals surface area contributed by atoms with E-state index in [1.54, 1.807) is 31.2 Å². The van der Waals surface area contributed by atoms with Crippen LogP contribution in [0.1, 0.15) is 18.1 Å². The number of rotatable bonds is 3. The zero-order valence-corrected chi connectivity index (χ0v) is 8.64. The lowest BCUT2D eigenvalue weighted by Gasteiger charge is -2.28. The summed E-state index contributed by atoms with van der Waals surface area (Å²) >= 11 is 0. The number of carbonyl (C=O) groups is 1. The molecule has 1 rings (SSSR count). The van der Waals surface area contributed by atoms with E-state index in [9.17, 15) is 15.0 Å². The van der Waals surface area contributed by atoms with E-state index < -0.39 is 17.7 Å². The lowest BCUT2D eigenvalue weighted by molar-refractivity contribution is -0.162. The maximum atomic E-state index is 10.6. The van der Waals surface area contributed by atoms with E-state index in [2.05, 4.69) is 0 Å². The van der Waals surface area contributed by atoms with Crippen LogP contribution in [0.3, 0.4) is 0 Å². The number of hydrogen-bond donors (Lipinski definition) is 3. The molecule has 0 saturated carbocycles. The zero-order chi connectivity index (χ0) is 11.6. The van der Waals surface area contributed by atoms with E-state index in [0.29, 0.717) is 5.56 Å². The van der Waals surface area contributed by atoms with Crippen LogP contribution in [0.2, 0.25) is 0 Å². The molecule has 4 heteroatoms. The van der Waals surface area contributed by atoms with Gasteiger partial charge in [0.1, 0.15) is 5.60 Å². The third kappa shape index (κ3) is 2.16. The minimum absolute atomic E-state index is 0.417. The van der Waals surface area contributed by atoms with Crippen LogP contribution in [-0.2, 0) is 10.4 Å². The van der Waals surface area contributed by atoms with Gasteiger partial charge in [0.2, 0.25) is 0 Å². The smallest absolute Gasteiger partial charge is 0.335 e. The highest BCUT2D eigenvalue weighted by Crippen LogP contribution is 2.27. The Bertz CT molecular complexity index is 371. The number of benzene rings is 1. The molecule has 0 aliphatic rings. The summed E-state index contributed by atoms with van der Waals surface area (Å²) in [5.74, 6) is -1.44. The minimum Gasteiger partial charge on any atom is -0.479 e. The standard InChI is InChI=1S/C11H14O4/c1-7-5-3-4-6-8(7)11(2,15)9(12)10(13)14/h3-6,9,12,15H,1-2H3,(H,13,14). The van der Waals surface area contributed by atoms with Gasteiger partial charge in [-0.1, -0.05) is 24.3 Å². The molecule has 2 atom stereocenters. The van der Waals surface area contributed by atoms with Gasteiger partial charge in [0.05, 0.1) is 0 Å². The summed E-state index contributed by atoms with van der Waals surface area (Å²) in [6.07, 6.45) is -1.83. The highest BCUT2D eigenvalue weighted by molar-refractivity contribution is 5.74. The summed E-state index contributed by atoms with van der Waals surface area (Å²) in [6, 6.07) is 6.81. The van der Waals surface area contributed by atoms with Crippen LogP contribution in [0.5, 0.6) is 0 Å². The average Bonchev–Trinajstić information content (AvgIpc) is 2.16. The Hall–Kier alpha value is -1.39. The number of aliphatic hydroxyl groups is 2. The summed E-state index contributed by atoms with van der Waals surface area (Å²) in [6.45, 7) is 3.03. The lowest BCUT2D eigenvalue weighted by atomic mass is 9.87. The number of aliphatic hydroxyl groups excluding tert-OH is 1. The number of carboxylic acids is 1. The Labute approximate surface area is 87.8 Å². The van der Waals surface area contributed by atoms with Crippen molar-refractivity contribution in [2.24, 2.45) is 0 Å². The summed E-state index contributed by atoms with van der Waals surface area (Å²) < 4.78 is 0.